The molecular formula is C30H35N3O3S. The van der Waals surface area contributed by atoms with Crippen molar-refractivity contribution in [3.05, 3.63) is 94.2 Å². The van der Waals surface area contributed by atoms with E-state index >= 15 is 0 Å². The number of rotatable bonds is 9. The van der Waals surface area contributed by atoms with Crippen LogP contribution in [0.3, 0.4) is 0 Å². The number of nitrogens with zero attached hydrogens (tertiary/aromatic N) is 2. The van der Waals surface area contributed by atoms with Crippen LogP contribution in [0.5, 0.6) is 5.75 Å². The van der Waals surface area contributed by atoms with Gasteiger partial charge >= 0.3 is 6.03 Å². The minimum absolute atomic E-state index is 0.0389. The Morgan fingerprint density at radius 3 is 2.57 bits per heavy atom. The number of benzene rings is 2. The summed E-state index contributed by atoms with van der Waals surface area (Å²) in [7, 11) is 0. The number of ether oxygens (including phenoxy) is 1. The third-order valence-corrected chi connectivity index (χ3v) is 7.63. The van der Waals surface area contributed by atoms with E-state index in [2.05, 4.69) is 49.3 Å². The van der Waals surface area contributed by atoms with Crippen molar-refractivity contribution in [2.75, 3.05) is 31.6 Å². The van der Waals surface area contributed by atoms with E-state index in [1.54, 1.807) is 17.4 Å². The number of carbonyl (C=O) groups excluding carboxylic acids is 2. The molecule has 0 unspecified atom stereocenters. The van der Waals surface area contributed by atoms with Gasteiger partial charge in [0.2, 0.25) is 5.91 Å². The van der Waals surface area contributed by atoms with Crippen molar-refractivity contribution in [1.82, 2.24) is 9.80 Å². The SMILES string of the molecule is C=CCN(CC(=O)N1CCc2sccc2[C@@H]1COc1ccc(C(C)C)cc1)C(=O)Nc1ccc(C)cc1. The van der Waals surface area contributed by atoms with Crippen LogP contribution in [0, 0.1) is 6.92 Å². The zero-order chi connectivity index (χ0) is 26.4. The Labute approximate surface area is 223 Å². The predicted octanol–water partition coefficient (Wildman–Crippen LogP) is 6.40. The number of urea groups is 1. The van der Waals surface area contributed by atoms with Crippen molar-refractivity contribution in [3.8, 4) is 5.75 Å². The first-order chi connectivity index (χ1) is 17.9. The van der Waals surface area contributed by atoms with Crippen LogP contribution in [0.1, 0.15) is 47.4 Å². The summed E-state index contributed by atoms with van der Waals surface area (Å²) in [6.07, 6.45) is 2.44. The van der Waals surface area contributed by atoms with Crippen LogP contribution >= 0.6 is 11.3 Å². The van der Waals surface area contributed by atoms with Crippen LogP contribution in [0.2, 0.25) is 0 Å². The zero-order valence-corrected chi connectivity index (χ0v) is 22.6. The van der Waals surface area contributed by atoms with Gasteiger partial charge in [-0.15, -0.1) is 17.9 Å². The maximum atomic E-state index is 13.6. The summed E-state index contributed by atoms with van der Waals surface area (Å²) < 4.78 is 6.18. The van der Waals surface area contributed by atoms with Crippen molar-refractivity contribution >= 4 is 29.0 Å². The van der Waals surface area contributed by atoms with Crippen LogP contribution in [0.15, 0.2) is 72.6 Å². The van der Waals surface area contributed by atoms with Gasteiger partial charge in [0.25, 0.3) is 0 Å². The molecule has 194 valence electrons. The molecule has 0 spiro atoms. The largest absolute Gasteiger partial charge is 0.491 e. The molecule has 0 saturated carbocycles. The third kappa shape index (κ3) is 6.60. The quantitative estimate of drug-likeness (QED) is 0.334. The van der Waals surface area contributed by atoms with E-state index in [9.17, 15) is 9.59 Å². The van der Waals surface area contributed by atoms with Crippen LogP contribution in [0.25, 0.3) is 0 Å². The number of carbonyl (C=O) groups is 2. The number of hydrogen-bond acceptors (Lipinski definition) is 4. The lowest BCUT2D eigenvalue weighted by molar-refractivity contribution is -0.135. The van der Waals surface area contributed by atoms with E-state index in [0.29, 0.717) is 24.8 Å². The van der Waals surface area contributed by atoms with Gasteiger partial charge in [-0.1, -0.05) is 49.8 Å². The lowest BCUT2D eigenvalue weighted by atomic mass is 10.00. The molecule has 0 radical (unpaired) electrons. The van der Waals surface area contributed by atoms with E-state index in [0.717, 1.165) is 23.3 Å². The molecule has 0 saturated heterocycles. The fourth-order valence-electron chi connectivity index (χ4n) is 4.47. The van der Waals surface area contributed by atoms with Crippen molar-refractivity contribution < 1.29 is 14.3 Å². The molecule has 0 fully saturated rings. The molecular weight excluding hydrogens is 482 g/mol. The van der Waals surface area contributed by atoms with Gasteiger partial charge in [-0.05, 0) is 66.1 Å². The highest BCUT2D eigenvalue weighted by Gasteiger charge is 2.33. The number of thiophene rings is 1. The monoisotopic (exact) mass is 517 g/mol. The molecule has 0 aliphatic carbocycles. The summed E-state index contributed by atoms with van der Waals surface area (Å²) in [5.74, 6) is 1.13. The number of fused-ring (bicyclic) bond motifs is 1. The van der Waals surface area contributed by atoms with Crippen molar-refractivity contribution in [2.45, 2.75) is 39.2 Å². The standard InChI is InChI=1S/C30H35N3O3S/c1-5-16-32(30(35)31-24-10-6-22(4)7-11-24)19-29(34)33-17-14-28-26(15-18-37-28)27(33)20-36-25-12-8-23(9-13-25)21(2)3/h5-13,15,18,21,27H,1,14,16-17,19-20H2,2-4H3,(H,31,35)/t27-/m0/s1. The number of aryl methyl sites for hydroxylation is 1. The molecule has 2 heterocycles. The Hall–Kier alpha value is -3.58. The lowest BCUT2D eigenvalue weighted by Gasteiger charge is -2.37. The molecule has 37 heavy (non-hydrogen) atoms. The minimum Gasteiger partial charge on any atom is -0.491 e. The maximum absolute atomic E-state index is 13.6. The molecule has 2 aromatic carbocycles. The van der Waals surface area contributed by atoms with E-state index in [1.807, 2.05) is 48.2 Å². The summed E-state index contributed by atoms with van der Waals surface area (Å²) in [6.45, 7) is 11.3. The molecule has 0 bridgehead atoms. The van der Waals surface area contributed by atoms with Crippen LogP contribution in [0.4, 0.5) is 10.5 Å². The summed E-state index contributed by atoms with van der Waals surface area (Å²) in [5, 5.41) is 4.96. The number of hydrogen-bond donors (Lipinski definition) is 1. The van der Waals surface area contributed by atoms with Crippen LogP contribution in [-0.2, 0) is 11.2 Å². The normalized spacial score (nSPS) is 14.7. The molecule has 6 nitrogen and oxygen atoms in total. The van der Waals surface area contributed by atoms with Crippen molar-refractivity contribution in [2.24, 2.45) is 0 Å². The molecule has 1 aromatic heterocycles. The average Bonchev–Trinajstić information content (AvgIpc) is 3.37. The lowest BCUT2D eigenvalue weighted by Crippen LogP contribution is -2.48. The fraction of sp³-hybridized carbons (Fsp3) is 0.333. The predicted molar refractivity (Wildman–Crippen MR) is 150 cm³/mol. The maximum Gasteiger partial charge on any atom is 0.322 e. The second kappa shape index (κ2) is 12.1. The Balaban J connectivity index is 1.46. The van der Waals surface area contributed by atoms with Gasteiger partial charge in [0.1, 0.15) is 18.9 Å². The van der Waals surface area contributed by atoms with Gasteiger partial charge in [0, 0.05) is 23.7 Å². The molecule has 1 atom stereocenters. The van der Waals surface area contributed by atoms with E-state index < -0.39 is 0 Å². The van der Waals surface area contributed by atoms with E-state index in [-0.39, 0.29) is 31.1 Å². The summed E-state index contributed by atoms with van der Waals surface area (Å²) >= 11 is 1.72. The smallest absolute Gasteiger partial charge is 0.322 e. The zero-order valence-electron chi connectivity index (χ0n) is 21.8. The van der Waals surface area contributed by atoms with Crippen LogP contribution in [-0.4, -0.2) is 48.0 Å². The fourth-order valence-corrected chi connectivity index (χ4v) is 5.40. The first-order valence-electron chi connectivity index (χ1n) is 12.7. The minimum atomic E-state index is -0.330. The summed E-state index contributed by atoms with van der Waals surface area (Å²) in [6, 6.07) is 17.3. The highest BCUT2D eigenvalue weighted by atomic mass is 32.1. The summed E-state index contributed by atoms with van der Waals surface area (Å²) in [5.41, 5.74) is 4.18. The van der Waals surface area contributed by atoms with Gasteiger partial charge in [-0.2, -0.15) is 0 Å². The highest BCUT2D eigenvalue weighted by Crippen LogP contribution is 2.34. The number of anilines is 1. The van der Waals surface area contributed by atoms with Gasteiger partial charge in [0.05, 0.1) is 6.04 Å². The number of nitrogens with one attached hydrogen (secondary N) is 1. The summed E-state index contributed by atoms with van der Waals surface area (Å²) in [4.78, 5) is 31.2. The molecule has 1 aliphatic rings. The van der Waals surface area contributed by atoms with E-state index in [1.165, 1.54) is 15.3 Å². The van der Waals surface area contributed by atoms with Gasteiger partial charge in [0.15, 0.2) is 0 Å². The molecule has 1 N–H and O–H groups in total. The molecule has 3 aromatic rings. The van der Waals surface area contributed by atoms with Gasteiger partial charge < -0.3 is 19.9 Å². The first-order valence-corrected chi connectivity index (χ1v) is 13.6. The molecule has 4 rings (SSSR count). The van der Waals surface area contributed by atoms with E-state index in [4.69, 9.17) is 4.74 Å². The molecule has 3 amide bonds. The van der Waals surface area contributed by atoms with Gasteiger partial charge in [-0.3, -0.25) is 4.79 Å². The second-order valence-corrected chi connectivity index (χ2v) is 10.7. The third-order valence-electron chi connectivity index (χ3n) is 6.64. The van der Waals surface area contributed by atoms with Crippen LogP contribution < -0.4 is 10.1 Å². The first kappa shape index (κ1) is 26.5. The Kier molecular flexibility index (Phi) is 8.66. The second-order valence-electron chi connectivity index (χ2n) is 9.65. The molecule has 1 aliphatic heterocycles. The Morgan fingerprint density at radius 2 is 1.89 bits per heavy atom. The Morgan fingerprint density at radius 1 is 1.16 bits per heavy atom. The number of amides is 3. The van der Waals surface area contributed by atoms with Crippen molar-refractivity contribution in [1.29, 1.82) is 0 Å². The average molecular weight is 518 g/mol. The highest BCUT2D eigenvalue weighted by molar-refractivity contribution is 7.10. The Bertz CT molecular complexity index is 1220. The topological polar surface area (TPSA) is 61.9 Å². The van der Waals surface area contributed by atoms with Gasteiger partial charge in [-0.25, -0.2) is 4.79 Å². The molecule has 7 heteroatoms. The van der Waals surface area contributed by atoms with Crippen molar-refractivity contribution in [3.63, 3.8) is 0 Å².